The van der Waals surface area contributed by atoms with Gasteiger partial charge in [0.15, 0.2) is 5.11 Å². The number of likely N-dealkylation sites (N-methyl/N-ethyl adjacent to an activating group) is 1. The van der Waals surface area contributed by atoms with E-state index in [1.54, 1.807) is 35.0 Å². The first-order valence-electron chi connectivity index (χ1n) is 9.40. The molecule has 0 unspecified atom stereocenters. The normalized spacial score (nSPS) is 14.5. The number of benzene rings is 1. The molecule has 0 saturated carbocycles. The number of hydrogen-bond donors (Lipinski definition) is 1. The lowest BCUT2D eigenvalue weighted by atomic mass is 9.89. The highest BCUT2D eigenvalue weighted by Gasteiger charge is 2.40. The van der Waals surface area contributed by atoms with E-state index < -0.39 is 5.60 Å². The van der Waals surface area contributed by atoms with E-state index in [-0.39, 0.29) is 5.56 Å². The van der Waals surface area contributed by atoms with Gasteiger partial charge in [0.1, 0.15) is 11.4 Å². The summed E-state index contributed by atoms with van der Waals surface area (Å²) in [7, 11) is 1.86. The molecule has 2 heterocycles. The van der Waals surface area contributed by atoms with Crippen LogP contribution in [0.4, 0.5) is 0 Å². The second-order valence-corrected chi connectivity index (χ2v) is 7.72. The van der Waals surface area contributed by atoms with E-state index >= 15 is 0 Å². The molecule has 0 fully saturated rings. The number of fused-ring (bicyclic) bond motifs is 1. The van der Waals surface area contributed by atoms with Gasteiger partial charge in [-0.05, 0) is 63.7 Å². The van der Waals surface area contributed by atoms with Crippen LogP contribution in [0, 0.1) is 18.3 Å². The zero-order valence-corrected chi connectivity index (χ0v) is 18.1. The Balaban J connectivity index is 2.46. The average molecular weight is 409 g/mol. The molecular formula is C22H24N4O2S. The second-order valence-electron chi connectivity index (χ2n) is 7.34. The van der Waals surface area contributed by atoms with Gasteiger partial charge in [0.05, 0.1) is 23.0 Å². The summed E-state index contributed by atoms with van der Waals surface area (Å²) < 4.78 is 7.94. The van der Waals surface area contributed by atoms with Crippen LogP contribution in [-0.2, 0) is 0 Å². The van der Waals surface area contributed by atoms with E-state index in [1.165, 1.54) is 6.07 Å². The molecule has 1 N–H and O–H groups in total. The van der Waals surface area contributed by atoms with Gasteiger partial charge < -0.3 is 15.0 Å². The Bertz CT molecular complexity index is 1110. The van der Waals surface area contributed by atoms with Crippen LogP contribution in [0.2, 0.25) is 0 Å². The molecule has 1 aliphatic heterocycles. The van der Waals surface area contributed by atoms with Crippen LogP contribution in [0.3, 0.4) is 0 Å². The van der Waals surface area contributed by atoms with E-state index in [2.05, 4.69) is 11.4 Å². The molecule has 150 valence electrons. The highest BCUT2D eigenvalue weighted by molar-refractivity contribution is 7.80. The van der Waals surface area contributed by atoms with E-state index in [0.717, 1.165) is 16.8 Å². The minimum atomic E-state index is -0.771. The Morgan fingerprint density at radius 3 is 2.69 bits per heavy atom. The van der Waals surface area contributed by atoms with E-state index in [9.17, 15) is 10.1 Å². The van der Waals surface area contributed by atoms with Gasteiger partial charge in [-0.25, -0.2) is 0 Å². The maximum absolute atomic E-state index is 12.8. The number of aromatic nitrogens is 1. The first-order chi connectivity index (χ1) is 13.7. The molecule has 0 spiro atoms. The number of rotatable bonds is 3. The lowest BCUT2D eigenvalue weighted by Gasteiger charge is -2.42. The number of ether oxygens (including phenoxy) is 1. The Morgan fingerprint density at radius 2 is 2.07 bits per heavy atom. The zero-order chi connectivity index (χ0) is 21.3. The number of hydrogen-bond acceptors (Lipinski definition) is 4. The number of pyridine rings is 1. The molecule has 1 aromatic heterocycles. The topological polar surface area (TPSA) is 70.3 Å². The van der Waals surface area contributed by atoms with Crippen molar-refractivity contribution in [1.82, 2.24) is 14.8 Å². The van der Waals surface area contributed by atoms with Crippen molar-refractivity contribution in [2.24, 2.45) is 0 Å². The summed E-state index contributed by atoms with van der Waals surface area (Å²) in [4.78, 5) is 14.7. The number of nitrogens with one attached hydrogen (secondary N) is 1. The van der Waals surface area contributed by atoms with Gasteiger partial charge in [0.25, 0.3) is 5.56 Å². The summed E-state index contributed by atoms with van der Waals surface area (Å²) in [6, 6.07) is 10.8. The van der Waals surface area contributed by atoms with Gasteiger partial charge in [0.2, 0.25) is 0 Å². The van der Waals surface area contributed by atoms with Gasteiger partial charge in [-0.2, -0.15) is 5.26 Å². The Kier molecular flexibility index (Phi) is 5.49. The first-order valence-corrected chi connectivity index (χ1v) is 9.81. The lowest BCUT2D eigenvalue weighted by Crippen LogP contribution is -2.48. The van der Waals surface area contributed by atoms with Crippen LogP contribution >= 0.6 is 12.2 Å². The van der Waals surface area contributed by atoms with Crippen molar-refractivity contribution in [2.45, 2.75) is 33.3 Å². The molecule has 2 aromatic rings. The quantitative estimate of drug-likeness (QED) is 0.787. The molecule has 0 radical (unpaired) electrons. The highest BCUT2D eigenvalue weighted by Crippen LogP contribution is 2.44. The van der Waals surface area contributed by atoms with Gasteiger partial charge in [-0.3, -0.25) is 9.36 Å². The van der Waals surface area contributed by atoms with Crippen molar-refractivity contribution >= 4 is 23.0 Å². The van der Waals surface area contributed by atoms with Crippen molar-refractivity contribution in [3.05, 3.63) is 69.3 Å². The van der Waals surface area contributed by atoms with Crippen LogP contribution in [0.25, 0.3) is 5.70 Å². The van der Waals surface area contributed by atoms with Gasteiger partial charge in [-0.1, -0.05) is 6.07 Å². The van der Waals surface area contributed by atoms with E-state index in [4.69, 9.17) is 17.0 Å². The number of nitrogens with zero attached hydrogens (tertiary/aromatic N) is 3. The van der Waals surface area contributed by atoms with E-state index in [1.807, 2.05) is 39.6 Å². The van der Waals surface area contributed by atoms with Crippen LogP contribution in [0.15, 0.2) is 47.0 Å². The monoisotopic (exact) mass is 408 g/mol. The summed E-state index contributed by atoms with van der Waals surface area (Å²) in [6.07, 6.45) is 1.73. The summed E-state index contributed by atoms with van der Waals surface area (Å²) >= 11 is 5.56. The van der Waals surface area contributed by atoms with Crippen molar-refractivity contribution in [2.75, 3.05) is 13.6 Å². The average Bonchev–Trinajstić information content (AvgIpc) is 2.67. The molecular weight excluding hydrogens is 384 g/mol. The minimum absolute atomic E-state index is 0.173. The summed E-state index contributed by atoms with van der Waals surface area (Å²) in [5.41, 5.74) is 2.47. The molecule has 3 rings (SSSR count). The maximum atomic E-state index is 12.8. The van der Waals surface area contributed by atoms with Crippen molar-refractivity contribution in [3.8, 4) is 11.8 Å². The summed E-state index contributed by atoms with van der Waals surface area (Å²) in [6.45, 7) is 8.40. The minimum Gasteiger partial charge on any atom is -0.481 e. The molecule has 6 nitrogen and oxygen atoms in total. The van der Waals surface area contributed by atoms with Crippen LogP contribution in [-0.4, -0.2) is 33.8 Å². The zero-order valence-electron chi connectivity index (χ0n) is 17.2. The maximum Gasteiger partial charge on any atom is 0.255 e. The summed E-state index contributed by atoms with van der Waals surface area (Å²) in [5, 5.41) is 13.2. The highest BCUT2D eigenvalue weighted by atomic mass is 32.1. The fourth-order valence-corrected chi connectivity index (χ4v) is 3.93. The molecule has 0 amide bonds. The fourth-order valence-electron chi connectivity index (χ4n) is 3.69. The smallest absolute Gasteiger partial charge is 0.255 e. The standard InChI is InChI=1S/C22H24N4O2S/c1-6-24-21(29)25(5)20-19(26-12-8-7-9-17(26)27)18-14(2)15(13-23)10-11-16(18)28-22(20,3)4/h7-12H,6H2,1-5H3,(H,24,29). The Hall–Kier alpha value is -3.11. The Labute approximate surface area is 176 Å². The SMILES string of the molecule is CCNC(=S)N(C)C1=C(n2ccccc2=O)c2c(ccc(C#N)c2C)OC1(C)C. The largest absolute Gasteiger partial charge is 0.481 e. The van der Waals surface area contributed by atoms with Crippen molar-refractivity contribution in [3.63, 3.8) is 0 Å². The van der Waals surface area contributed by atoms with Crippen molar-refractivity contribution < 1.29 is 4.74 Å². The van der Waals surface area contributed by atoms with Gasteiger partial charge >= 0.3 is 0 Å². The molecule has 0 bridgehead atoms. The van der Waals surface area contributed by atoms with Crippen LogP contribution < -0.4 is 15.6 Å². The molecule has 1 aromatic carbocycles. The number of thiocarbonyl (C=S) groups is 1. The third-order valence-electron chi connectivity index (χ3n) is 4.98. The predicted octanol–water partition coefficient (Wildman–Crippen LogP) is 3.24. The van der Waals surface area contributed by atoms with Crippen LogP contribution in [0.5, 0.6) is 5.75 Å². The Morgan fingerprint density at radius 1 is 1.34 bits per heavy atom. The van der Waals surface area contributed by atoms with E-state index in [0.29, 0.717) is 28.7 Å². The third-order valence-corrected chi connectivity index (χ3v) is 5.39. The first kappa shape index (κ1) is 20.6. The fraction of sp³-hybridized carbons (Fsp3) is 0.318. The van der Waals surface area contributed by atoms with Crippen LogP contribution in [0.1, 0.15) is 37.5 Å². The van der Waals surface area contributed by atoms with Gasteiger partial charge in [-0.15, -0.1) is 0 Å². The van der Waals surface area contributed by atoms with Crippen molar-refractivity contribution in [1.29, 1.82) is 5.26 Å². The second kappa shape index (κ2) is 7.72. The molecule has 0 saturated heterocycles. The predicted molar refractivity (Wildman–Crippen MR) is 118 cm³/mol. The lowest BCUT2D eigenvalue weighted by molar-refractivity contribution is 0.122. The molecule has 29 heavy (non-hydrogen) atoms. The number of nitriles is 1. The third kappa shape index (κ3) is 3.52. The summed E-state index contributed by atoms with van der Waals surface area (Å²) in [5.74, 6) is 0.628. The molecule has 0 atom stereocenters. The molecule has 7 heteroatoms. The molecule has 1 aliphatic rings. The van der Waals surface area contributed by atoms with Gasteiger partial charge in [0, 0.05) is 31.4 Å². The molecule has 0 aliphatic carbocycles.